The standard InChI is InChI=1S/C20H23NO6S/c1-20(2,3)27-18(22)14-26-19(23)16-10-7-11-17(12-16)28(24,25)21-13-15-8-5-4-6-9-15/h4-12,21H,13-14H2,1-3H3. The second-order valence-electron chi connectivity index (χ2n) is 7.00. The van der Waals surface area contributed by atoms with Gasteiger partial charge >= 0.3 is 11.9 Å². The van der Waals surface area contributed by atoms with Crippen LogP contribution in [-0.2, 0) is 30.8 Å². The molecule has 8 heteroatoms. The lowest BCUT2D eigenvalue weighted by molar-refractivity contribution is -0.158. The van der Waals surface area contributed by atoms with Crippen LogP contribution in [0.15, 0.2) is 59.5 Å². The molecule has 2 aromatic carbocycles. The number of hydrogen-bond donors (Lipinski definition) is 1. The number of benzene rings is 2. The summed E-state index contributed by atoms with van der Waals surface area (Å²) in [4.78, 5) is 23.7. The molecular formula is C20H23NO6S. The molecule has 28 heavy (non-hydrogen) atoms. The van der Waals surface area contributed by atoms with Crippen molar-refractivity contribution in [3.63, 3.8) is 0 Å². The van der Waals surface area contributed by atoms with E-state index in [-0.39, 0.29) is 17.0 Å². The maximum atomic E-state index is 12.5. The largest absolute Gasteiger partial charge is 0.457 e. The molecule has 0 amide bonds. The van der Waals surface area contributed by atoms with Gasteiger partial charge in [0, 0.05) is 6.54 Å². The summed E-state index contributed by atoms with van der Waals surface area (Å²) in [6.07, 6.45) is 0. The van der Waals surface area contributed by atoms with E-state index < -0.39 is 34.2 Å². The lowest BCUT2D eigenvalue weighted by Crippen LogP contribution is -2.27. The Bertz CT molecular complexity index is 933. The molecule has 2 aromatic rings. The highest BCUT2D eigenvalue weighted by molar-refractivity contribution is 7.89. The van der Waals surface area contributed by atoms with Crippen LogP contribution in [0.5, 0.6) is 0 Å². The number of carbonyl (C=O) groups excluding carboxylic acids is 2. The Morgan fingerprint density at radius 3 is 2.32 bits per heavy atom. The van der Waals surface area contributed by atoms with Crippen LogP contribution in [0.4, 0.5) is 0 Å². The van der Waals surface area contributed by atoms with Crippen LogP contribution in [0.25, 0.3) is 0 Å². The van der Waals surface area contributed by atoms with Crippen LogP contribution in [0, 0.1) is 0 Å². The first-order valence-electron chi connectivity index (χ1n) is 8.59. The van der Waals surface area contributed by atoms with Gasteiger partial charge in [0.15, 0.2) is 6.61 Å². The fraction of sp³-hybridized carbons (Fsp3) is 0.300. The third kappa shape index (κ3) is 6.79. The zero-order chi connectivity index (χ0) is 20.8. The van der Waals surface area contributed by atoms with E-state index in [4.69, 9.17) is 9.47 Å². The minimum atomic E-state index is -3.82. The van der Waals surface area contributed by atoms with Gasteiger partial charge in [-0.05, 0) is 44.5 Å². The summed E-state index contributed by atoms with van der Waals surface area (Å²) in [6, 6.07) is 14.5. The summed E-state index contributed by atoms with van der Waals surface area (Å²) in [7, 11) is -3.82. The zero-order valence-corrected chi connectivity index (χ0v) is 16.8. The van der Waals surface area contributed by atoms with Crippen LogP contribution in [0.1, 0.15) is 36.7 Å². The maximum absolute atomic E-state index is 12.5. The average molecular weight is 405 g/mol. The Morgan fingerprint density at radius 1 is 1.00 bits per heavy atom. The Labute approximate surface area is 164 Å². The van der Waals surface area contributed by atoms with Gasteiger partial charge in [0.05, 0.1) is 10.5 Å². The normalized spacial score (nSPS) is 11.7. The van der Waals surface area contributed by atoms with Crippen molar-refractivity contribution in [2.24, 2.45) is 0 Å². The highest BCUT2D eigenvalue weighted by Gasteiger charge is 2.20. The second kappa shape index (κ2) is 8.99. The molecule has 0 aliphatic heterocycles. The molecule has 2 rings (SSSR count). The molecule has 0 fully saturated rings. The van der Waals surface area contributed by atoms with E-state index in [1.807, 2.05) is 18.2 Å². The van der Waals surface area contributed by atoms with Gasteiger partial charge in [-0.25, -0.2) is 22.7 Å². The molecule has 7 nitrogen and oxygen atoms in total. The van der Waals surface area contributed by atoms with Gasteiger partial charge in [-0.2, -0.15) is 0 Å². The number of hydrogen-bond acceptors (Lipinski definition) is 6. The molecule has 0 heterocycles. The topological polar surface area (TPSA) is 98.8 Å². The summed E-state index contributed by atoms with van der Waals surface area (Å²) in [5.74, 6) is -1.50. The monoisotopic (exact) mass is 405 g/mol. The minimum absolute atomic E-state index is 0.0196. The first-order valence-corrected chi connectivity index (χ1v) is 10.1. The van der Waals surface area contributed by atoms with E-state index >= 15 is 0 Å². The summed E-state index contributed by atoms with van der Waals surface area (Å²) < 4.78 is 37.4. The Morgan fingerprint density at radius 2 is 1.68 bits per heavy atom. The molecule has 0 unspecified atom stereocenters. The van der Waals surface area contributed by atoms with E-state index in [2.05, 4.69) is 4.72 Å². The van der Waals surface area contributed by atoms with E-state index in [0.717, 1.165) is 5.56 Å². The van der Waals surface area contributed by atoms with Crippen LogP contribution < -0.4 is 4.72 Å². The molecule has 0 aliphatic carbocycles. The molecule has 0 aliphatic rings. The average Bonchev–Trinajstić information content (AvgIpc) is 2.64. The molecule has 0 saturated heterocycles. The van der Waals surface area contributed by atoms with E-state index in [0.29, 0.717) is 0 Å². The summed E-state index contributed by atoms with van der Waals surface area (Å²) in [6.45, 7) is 4.66. The lowest BCUT2D eigenvalue weighted by atomic mass is 10.2. The van der Waals surface area contributed by atoms with Gasteiger partial charge in [0.25, 0.3) is 0 Å². The van der Waals surface area contributed by atoms with Gasteiger partial charge in [0.1, 0.15) is 5.60 Å². The second-order valence-corrected chi connectivity index (χ2v) is 8.77. The highest BCUT2D eigenvalue weighted by atomic mass is 32.2. The molecular weight excluding hydrogens is 382 g/mol. The molecule has 0 aromatic heterocycles. The van der Waals surface area contributed by atoms with Crippen LogP contribution in [0.3, 0.4) is 0 Å². The fourth-order valence-electron chi connectivity index (χ4n) is 2.23. The van der Waals surface area contributed by atoms with Crippen molar-refractivity contribution in [2.75, 3.05) is 6.61 Å². The Kier molecular flexibility index (Phi) is 6.93. The van der Waals surface area contributed by atoms with Crippen molar-refractivity contribution in [3.8, 4) is 0 Å². The molecule has 0 radical (unpaired) electrons. The fourth-order valence-corrected chi connectivity index (χ4v) is 3.29. The van der Waals surface area contributed by atoms with Crippen molar-refractivity contribution < 1.29 is 27.5 Å². The van der Waals surface area contributed by atoms with E-state index in [1.54, 1.807) is 32.9 Å². The number of ether oxygens (including phenoxy) is 2. The van der Waals surface area contributed by atoms with Crippen LogP contribution in [0.2, 0.25) is 0 Å². The molecule has 1 N–H and O–H groups in total. The van der Waals surface area contributed by atoms with Gasteiger partial charge in [-0.3, -0.25) is 0 Å². The van der Waals surface area contributed by atoms with E-state index in [9.17, 15) is 18.0 Å². The van der Waals surface area contributed by atoms with Crippen molar-refractivity contribution in [1.29, 1.82) is 0 Å². The van der Waals surface area contributed by atoms with Gasteiger partial charge in [-0.1, -0.05) is 36.4 Å². The summed E-state index contributed by atoms with van der Waals surface area (Å²) in [5.41, 5.74) is 0.132. The molecule has 0 saturated carbocycles. The first kappa shape index (κ1) is 21.6. The van der Waals surface area contributed by atoms with Gasteiger partial charge in [-0.15, -0.1) is 0 Å². The van der Waals surface area contributed by atoms with Crippen molar-refractivity contribution in [1.82, 2.24) is 4.72 Å². The van der Waals surface area contributed by atoms with Gasteiger partial charge in [0.2, 0.25) is 10.0 Å². The lowest BCUT2D eigenvalue weighted by Gasteiger charge is -2.19. The third-order valence-corrected chi connectivity index (χ3v) is 4.83. The van der Waals surface area contributed by atoms with Crippen molar-refractivity contribution in [3.05, 3.63) is 65.7 Å². The maximum Gasteiger partial charge on any atom is 0.344 e. The van der Waals surface area contributed by atoms with E-state index in [1.165, 1.54) is 24.3 Å². The minimum Gasteiger partial charge on any atom is -0.457 e. The summed E-state index contributed by atoms with van der Waals surface area (Å²) >= 11 is 0. The number of sulfonamides is 1. The number of rotatable bonds is 7. The zero-order valence-electron chi connectivity index (χ0n) is 16.0. The molecule has 0 spiro atoms. The predicted molar refractivity (Wildman–Crippen MR) is 103 cm³/mol. The van der Waals surface area contributed by atoms with Crippen LogP contribution >= 0.6 is 0 Å². The number of nitrogens with one attached hydrogen (secondary N) is 1. The molecule has 0 atom stereocenters. The quantitative estimate of drug-likeness (QED) is 0.711. The highest BCUT2D eigenvalue weighted by Crippen LogP contribution is 2.14. The van der Waals surface area contributed by atoms with Gasteiger partial charge < -0.3 is 9.47 Å². The van der Waals surface area contributed by atoms with Crippen molar-refractivity contribution in [2.45, 2.75) is 37.8 Å². The first-order chi connectivity index (χ1) is 13.1. The van der Waals surface area contributed by atoms with Crippen LogP contribution in [-0.4, -0.2) is 32.6 Å². The Hall–Kier alpha value is -2.71. The number of carbonyl (C=O) groups is 2. The molecule has 150 valence electrons. The summed E-state index contributed by atoms with van der Waals surface area (Å²) in [5, 5.41) is 0. The van der Waals surface area contributed by atoms with Crippen molar-refractivity contribution >= 4 is 22.0 Å². The number of esters is 2. The third-order valence-electron chi connectivity index (χ3n) is 3.43. The predicted octanol–water partition coefficient (Wildman–Crippen LogP) is 2.66. The molecule has 0 bridgehead atoms. The SMILES string of the molecule is CC(C)(C)OC(=O)COC(=O)c1cccc(S(=O)(=O)NCc2ccccc2)c1. The smallest absolute Gasteiger partial charge is 0.344 e. The Balaban J connectivity index is 2.02.